The standard InChI is InChI=1S/2C13H14ClFN4O.CH4/c1-18-2-4-19(5-3-18)12-13(20)17-10-6-8(14)9(15)7-11(10)16-12;1-18-2-4-19(5-3-18)12-13(20)17-11-7-9(15)8(14)6-10(11)16-12;/h2*6-7H,2-5H2,1H3,(H,17,20);1H4. The van der Waals surface area contributed by atoms with Crippen LogP contribution in [0.4, 0.5) is 20.4 Å². The summed E-state index contributed by atoms with van der Waals surface area (Å²) in [5.41, 5.74) is 1.12. The number of nitrogens with zero attached hydrogens (tertiary/aromatic N) is 6. The molecule has 0 amide bonds. The highest BCUT2D eigenvalue weighted by molar-refractivity contribution is 6.31. The fourth-order valence-corrected chi connectivity index (χ4v) is 4.93. The van der Waals surface area contributed by atoms with Crippen molar-refractivity contribution >= 4 is 56.9 Å². The van der Waals surface area contributed by atoms with Crippen molar-refractivity contribution in [2.24, 2.45) is 0 Å². The van der Waals surface area contributed by atoms with Gasteiger partial charge in [0.2, 0.25) is 0 Å². The van der Waals surface area contributed by atoms with E-state index in [1.807, 2.05) is 23.9 Å². The summed E-state index contributed by atoms with van der Waals surface area (Å²) >= 11 is 11.5. The lowest BCUT2D eigenvalue weighted by Crippen LogP contribution is -2.46. The van der Waals surface area contributed by atoms with Gasteiger partial charge in [-0.2, -0.15) is 0 Å². The fraction of sp³-hybridized carbons (Fsp3) is 0.407. The molecule has 4 heterocycles. The molecule has 10 nitrogen and oxygen atoms in total. The molecule has 0 unspecified atom stereocenters. The molecule has 4 aromatic rings. The predicted molar refractivity (Wildman–Crippen MR) is 161 cm³/mol. The molecule has 14 heteroatoms. The van der Waals surface area contributed by atoms with E-state index in [4.69, 9.17) is 23.2 Å². The van der Waals surface area contributed by atoms with Crippen LogP contribution in [-0.2, 0) is 0 Å². The number of hydrogen-bond acceptors (Lipinski definition) is 8. The summed E-state index contributed by atoms with van der Waals surface area (Å²) in [5, 5.41) is -0.0244. The van der Waals surface area contributed by atoms with Crippen molar-refractivity contribution < 1.29 is 8.78 Å². The number of hydrogen-bond donors (Lipinski definition) is 2. The van der Waals surface area contributed by atoms with E-state index in [-0.39, 0.29) is 28.6 Å². The molecule has 6 rings (SSSR count). The number of piperazine rings is 2. The van der Waals surface area contributed by atoms with Crippen LogP contribution in [-0.4, -0.2) is 96.2 Å². The average molecular weight is 610 g/mol. The molecule has 2 aliphatic rings. The van der Waals surface area contributed by atoms with E-state index in [9.17, 15) is 18.4 Å². The number of aromatic amines is 2. The van der Waals surface area contributed by atoms with Crippen molar-refractivity contribution in [1.29, 1.82) is 0 Å². The molecule has 2 saturated heterocycles. The van der Waals surface area contributed by atoms with Crippen LogP contribution in [0, 0.1) is 11.6 Å². The zero-order chi connectivity index (χ0) is 28.6. The molecule has 2 aromatic heterocycles. The number of benzene rings is 2. The molecule has 0 bridgehead atoms. The Hall–Kier alpha value is -3.32. The van der Waals surface area contributed by atoms with Crippen LogP contribution in [0.3, 0.4) is 0 Å². The van der Waals surface area contributed by atoms with Gasteiger partial charge in [0.15, 0.2) is 11.6 Å². The maximum Gasteiger partial charge on any atom is 0.291 e. The first-order valence-electron chi connectivity index (χ1n) is 12.7. The lowest BCUT2D eigenvalue weighted by Gasteiger charge is -2.32. The molecular formula is C27H32Cl2F2N8O2. The van der Waals surface area contributed by atoms with Gasteiger partial charge in [0, 0.05) is 64.5 Å². The van der Waals surface area contributed by atoms with Gasteiger partial charge in [-0.05, 0) is 26.2 Å². The lowest BCUT2D eigenvalue weighted by molar-refractivity contribution is 0.312. The van der Waals surface area contributed by atoms with E-state index < -0.39 is 11.6 Å². The number of halogens is 4. The van der Waals surface area contributed by atoms with Gasteiger partial charge >= 0.3 is 0 Å². The maximum absolute atomic E-state index is 13.5. The van der Waals surface area contributed by atoms with Crippen LogP contribution in [0.1, 0.15) is 7.43 Å². The van der Waals surface area contributed by atoms with E-state index in [0.717, 1.165) is 52.4 Å². The third-order valence-corrected chi connectivity index (χ3v) is 7.62. The second kappa shape index (κ2) is 12.7. The zero-order valence-electron chi connectivity index (χ0n) is 22.0. The van der Waals surface area contributed by atoms with Gasteiger partial charge < -0.3 is 29.6 Å². The summed E-state index contributed by atoms with van der Waals surface area (Å²) < 4.78 is 26.9. The highest BCUT2D eigenvalue weighted by Gasteiger charge is 2.20. The summed E-state index contributed by atoms with van der Waals surface area (Å²) in [7, 11) is 4.07. The van der Waals surface area contributed by atoms with E-state index in [1.54, 1.807) is 0 Å². The summed E-state index contributed by atoms with van der Waals surface area (Å²) in [4.78, 5) is 46.4. The number of fused-ring (bicyclic) bond motifs is 2. The molecule has 0 saturated carbocycles. The zero-order valence-corrected chi connectivity index (χ0v) is 23.5. The van der Waals surface area contributed by atoms with Gasteiger partial charge in [0.1, 0.15) is 11.6 Å². The van der Waals surface area contributed by atoms with Crippen LogP contribution in [0.5, 0.6) is 0 Å². The van der Waals surface area contributed by atoms with Gasteiger partial charge in [0.25, 0.3) is 11.1 Å². The van der Waals surface area contributed by atoms with Gasteiger partial charge in [-0.1, -0.05) is 30.6 Å². The molecular weight excluding hydrogens is 577 g/mol. The van der Waals surface area contributed by atoms with Crippen LogP contribution in [0.15, 0.2) is 33.9 Å². The first kappa shape index (κ1) is 30.6. The fourth-order valence-electron chi connectivity index (χ4n) is 4.61. The first-order chi connectivity index (χ1) is 19.1. The number of nitrogens with one attached hydrogen (secondary N) is 2. The predicted octanol–water partition coefficient (Wildman–Crippen LogP) is 3.57. The van der Waals surface area contributed by atoms with Crippen molar-refractivity contribution in [2.75, 3.05) is 76.3 Å². The van der Waals surface area contributed by atoms with E-state index in [0.29, 0.717) is 33.7 Å². The number of aromatic nitrogens is 4. The normalized spacial score (nSPS) is 16.4. The van der Waals surface area contributed by atoms with E-state index >= 15 is 0 Å². The quantitative estimate of drug-likeness (QED) is 0.356. The van der Waals surface area contributed by atoms with Gasteiger partial charge in [0.05, 0.1) is 32.1 Å². The Kier molecular flexibility index (Phi) is 9.48. The molecule has 2 aromatic carbocycles. The van der Waals surface area contributed by atoms with Crippen LogP contribution < -0.4 is 20.9 Å². The Labute approximate surface area is 245 Å². The Morgan fingerprint density at radius 1 is 0.659 bits per heavy atom. The first-order valence-corrected chi connectivity index (χ1v) is 13.5. The average Bonchev–Trinajstić information content (AvgIpc) is 2.92. The molecule has 2 aliphatic heterocycles. The van der Waals surface area contributed by atoms with E-state index in [2.05, 4.69) is 29.7 Å². The monoisotopic (exact) mass is 608 g/mol. The highest BCUT2D eigenvalue weighted by Crippen LogP contribution is 2.22. The highest BCUT2D eigenvalue weighted by atomic mass is 35.5. The maximum atomic E-state index is 13.5. The van der Waals surface area contributed by atoms with E-state index in [1.165, 1.54) is 24.3 Å². The second-order valence-electron chi connectivity index (χ2n) is 9.93. The summed E-state index contributed by atoms with van der Waals surface area (Å²) in [6, 6.07) is 5.25. The smallest absolute Gasteiger partial charge is 0.291 e. The Morgan fingerprint density at radius 3 is 1.54 bits per heavy atom. The molecule has 2 fully saturated rings. The Morgan fingerprint density at radius 2 is 1.05 bits per heavy atom. The molecule has 0 atom stereocenters. The van der Waals surface area contributed by atoms with Gasteiger partial charge in [-0.25, -0.2) is 18.7 Å². The third kappa shape index (κ3) is 6.78. The molecule has 0 spiro atoms. The summed E-state index contributed by atoms with van der Waals surface area (Å²) in [6.45, 7) is 6.44. The Balaban J connectivity index is 0.000000184. The van der Waals surface area contributed by atoms with Crippen molar-refractivity contribution in [2.45, 2.75) is 7.43 Å². The van der Waals surface area contributed by atoms with Crippen molar-refractivity contribution in [1.82, 2.24) is 29.7 Å². The van der Waals surface area contributed by atoms with Gasteiger partial charge in [-0.3, -0.25) is 9.59 Å². The second-order valence-corrected chi connectivity index (χ2v) is 10.7. The van der Waals surface area contributed by atoms with Crippen molar-refractivity contribution in [3.8, 4) is 0 Å². The summed E-state index contributed by atoms with van der Waals surface area (Å²) in [5.74, 6) is -0.396. The lowest BCUT2D eigenvalue weighted by atomic mass is 10.3. The molecule has 220 valence electrons. The largest absolute Gasteiger partial charge is 0.349 e. The van der Waals surface area contributed by atoms with Crippen LogP contribution in [0.25, 0.3) is 22.1 Å². The molecule has 0 radical (unpaired) electrons. The molecule has 2 N–H and O–H groups in total. The molecule has 41 heavy (non-hydrogen) atoms. The Bertz CT molecular complexity index is 1540. The van der Waals surface area contributed by atoms with Crippen molar-refractivity contribution in [3.63, 3.8) is 0 Å². The third-order valence-electron chi connectivity index (χ3n) is 7.04. The number of H-pyrrole nitrogens is 2. The minimum absolute atomic E-state index is 0. The topological polar surface area (TPSA) is 104 Å². The number of anilines is 2. The summed E-state index contributed by atoms with van der Waals surface area (Å²) in [6.07, 6.45) is 0. The SMILES string of the molecule is C.CN1CCN(c2nc3cc(Cl)c(F)cc3[nH]c2=O)CC1.CN1CCN(c2nc3cc(F)c(Cl)cc3[nH]c2=O)CC1. The number of likely N-dealkylation sites (N-methyl/N-ethyl adjacent to an activating group) is 2. The minimum Gasteiger partial charge on any atom is -0.349 e. The number of rotatable bonds is 2. The minimum atomic E-state index is -0.566. The molecule has 0 aliphatic carbocycles. The van der Waals surface area contributed by atoms with Crippen LogP contribution in [0.2, 0.25) is 10.0 Å². The van der Waals surface area contributed by atoms with Gasteiger partial charge in [-0.15, -0.1) is 0 Å². The van der Waals surface area contributed by atoms with Crippen LogP contribution >= 0.6 is 23.2 Å². The van der Waals surface area contributed by atoms with Crippen molar-refractivity contribution in [3.05, 3.63) is 66.7 Å².